The van der Waals surface area contributed by atoms with E-state index in [1.54, 1.807) is 14.2 Å². The van der Waals surface area contributed by atoms with E-state index in [0.29, 0.717) is 13.2 Å². The lowest BCUT2D eigenvalue weighted by Crippen LogP contribution is -2.33. The van der Waals surface area contributed by atoms with E-state index in [-0.39, 0.29) is 18.2 Å². The molecule has 0 aliphatic carbocycles. The highest BCUT2D eigenvalue weighted by molar-refractivity contribution is 5.29. The molecule has 3 atom stereocenters. The summed E-state index contributed by atoms with van der Waals surface area (Å²) in [6, 6.07) is 8.35. The first kappa shape index (κ1) is 16.2. The number of nitrogens with zero attached hydrogens (tertiary/aromatic N) is 1. The molecule has 1 aliphatic heterocycles. The average Bonchev–Trinajstić information content (AvgIpc) is 2.93. The van der Waals surface area contributed by atoms with E-state index in [2.05, 4.69) is 17.0 Å². The van der Waals surface area contributed by atoms with Gasteiger partial charge in [-0.25, -0.2) is 0 Å². The lowest BCUT2D eigenvalue weighted by Gasteiger charge is -2.27. The maximum absolute atomic E-state index is 6.00. The van der Waals surface area contributed by atoms with Crippen LogP contribution in [0.2, 0.25) is 0 Å². The van der Waals surface area contributed by atoms with Gasteiger partial charge in [0.25, 0.3) is 0 Å². The summed E-state index contributed by atoms with van der Waals surface area (Å²) in [6.07, 6.45) is 0.207. The van der Waals surface area contributed by atoms with Crippen LogP contribution in [0.3, 0.4) is 0 Å². The Morgan fingerprint density at radius 1 is 1.14 bits per heavy atom. The molecule has 1 saturated heterocycles. The fraction of sp³-hybridized carbons (Fsp3) is 0.625. The van der Waals surface area contributed by atoms with Crippen LogP contribution >= 0.6 is 0 Å². The van der Waals surface area contributed by atoms with Crippen LogP contribution in [0.1, 0.15) is 18.5 Å². The largest absolute Gasteiger partial charge is 0.494 e. The van der Waals surface area contributed by atoms with Crippen LogP contribution in [-0.4, -0.2) is 57.6 Å². The molecule has 0 saturated carbocycles. The van der Waals surface area contributed by atoms with Crippen LogP contribution in [-0.2, 0) is 9.47 Å². The highest BCUT2D eigenvalue weighted by atomic mass is 16.5. The number of hydrogen-bond donors (Lipinski definition) is 1. The summed E-state index contributed by atoms with van der Waals surface area (Å²) in [7, 11) is 3.46. The molecule has 1 heterocycles. The van der Waals surface area contributed by atoms with Gasteiger partial charge in [0.1, 0.15) is 5.75 Å². The van der Waals surface area contributed by atoms with E-state index in [9.17, 15) is 0 Å². The second-order valence-corrected chi connectivity index (χ2v) is 5.26. The Labute approximate surface area is 127 Å². The van der Waals surface area contributed by atoms with E-state index >= 15 is 0 Å². The predicted molar refractivity (Wildman–Crippen MR) is 82.6 cm³/mol. The van der Waals surface area contributed by atoms with Gasteiger partial charge in [-0.1, -0.05) is 12.1 Å². The first-order chi connectivity index (χ1) is 10.2. The van der Waals surface area contributed by atoms with Crippen molar-refractivity contribution in [2.24, 2.45) is 5.73 Å². The molecule has 2 rings (SSSR count). The maximum atomic E-state index is 6.00. The van der Waals surface area contributed by atoms with Crippen molar-refractivity contribution < 1.29 is 14.2 Å². The number of benzene rings is 1. The van der Waals surface area contributed by atoms with Gasteiger partial charge in [0.2, 0.25) is 0 Å². The van der Waals surface area contributed by atoms with Crippen LogP contribution in [0.15, 0.2) is 24.3 Å². The number of likely N-dealkylation sites (tertiary alicyclic amines) is 1. The molecule has 5 nitrogen and oxygen atoms in total. The Kier molecular flexibility index (Phi) is 5.99. The van der Waals surface area contributed by atoms with Crippen molar-refractivity contribution in [3.8, 4) is 5.75 Å². The zero-order valence-corrected chi connectivity index (χ0v) is 13.1. The summed E-state index contributed by atoms with van der Waals surface area (Å²) in [6.45, 7) is 4.91. The summed E-state index contributed by atoms with van der Waals surface area (Å²) >= 11 is 0. The summed E-state index contributed by atoms with van der Waals surface area (Å²) < 4.78 is 16.5. The summed E-state index contributed by atoms with van der Waals surface area (Å²) in [5.74, 6) is 0.892. The van der Waals surface area contributed by atoms with Crippen LogP contribution in [0.4, 0.5) is 0 Å². The molecular weight excluding hydrogens is 268 g/mol. The molecular formula is C16H26N2O3. The molecule has 118 valence electrons. The lowest BCUT2D eigenvalue weighted by atomic mass is 10.1. The fourth-order valence-electron chi connectivity index (χ4n) is 2.93. The molecule has 1 aliphatic rings. The molecule has 2 N–H and O–H groups in total. The minimum absolute atomic E-state index is 0.103. The van der Waals surface area contributed by atoms with Crippen LogP contribution in [0.5, 0.6) is 5.75 Å². The third kappa shape index (κ3) is 3.74. The average molecular weight is 294 g/mol. The Bertz CT molecular complexity index is 412. The predicted octanol–water partition coefficient (Wildman–Crippen LogP) is 1.43. The SMILES string of the molecule is CCOc1ccc(C(CN)N2CC(OC)C(OC)C2)cc1. The summed E-state index contributed by atoms with van der Waals surface area (Å²) in [5.41, 5.74) is 7.20. The molecule has 21 heavy (non-hydrogen) atoms. The minimum Gasteiger partial charge on any atom is -0.494 e. The van der Waals surface area contributed by atoms with Gasteiger partial charge in [0.05, 0.1) is 18.8 Å². The van der Waals surface area contributed by atoms with Gasteiger partial charge in [-0.15, -0.1) is 0 Å². The molecule has 0 amide bonds. The molecule has 5 heteroatoms. The smallest absolute Gasteiger partial charge is 0.119 e. The van der Waals surface area contributed by atoms with Gasteiger partial charge in [-0.05, 0) is 24.6 Å². The zero-order chi connectivity index (χ0) is 15.2. The highest BCUT2D eigenvalue weighted by Gasteiger charge is 2.36. The van der Waals surface area contributed by atoms with Gasteiger partial charge in [-0.2, -0.15) is 0 Å². The van der Waals surface area contributed by atoms with Gasteiger partial charge in [0, 0.05) is 39.9 Å². The Balaban J connectivity index is 2.09. The standard InChI is InChI=1S/C16H26N2O3/c1-4-21-13-7-5-12(6-8-13)14(9-17)18-10-15(19-2)16(11-18)20-3/h5-8,14-16H,4,9-11,17H2,1-3H3. The van der Waals surface area contributed by atoms with Crippen molar-refractivity contribution in [3.05, 3.63) is 29.8 Å². The molecule has 1 fully saturated rings. The van der Waals surface area contributed by atoms with Gasteiger partial charge in [0.15, 0.2) is 0 Å². The number of methoxy groups -OCH3 is 2. The third-order valence-corrected chi connectivity index (χ3v) is 4.09. The van der Waals surface area contributed by atoms with Crippen molar-refractivity contribution in [1.29, 1.82) is 0 Å². The normalized spacial score (nSPS) is 24.2. The summed E-state index contributed by atoms with van der Waals surface area (Å²) in [5, 5.41) is 0. The Morgan fingerprint density at radius 2 is 1.71 bits per heavy atom. The second kappa shape index (κ2) is 7.75. The van der Waals surface area contributed by atoms with Crippen LogP contribution in [0, 0.1) is 0 Å². The topological polar surface area (TPSA) is 57.0 Å². The second-order valence-electron chi connectivity index (χ2n) is 5.26. The Morgan fingerprint density at radius 3 is 2.14 bits per heavy atom. The Hall–Kier alpha value is -1.14. The van der Waals surface area contributed by atoms with Crippen molar-refractivity contribution >= 4 is 0 Å². The van der Waals surface area contributed by atoms with E-state index in [4.69, 9.17) is 19.9 Å². The third-order valence-electron chi connectivity index (χ3n) is 4.09. The van der Waals surface area contributed by atoms with E-state index in [1.165, 1.54) is 5.56 Å². The van der Waals surface area contributed by atoms with Crippen molar-refractivity contribution in [2.45, 2.75) is 25.2 Å². The number of hydrogen-bond acceptors (Lipinski definition) is 5. The fourth-order valence-corrected chi connectivity index (χ4v) is 2.93. The number of rotatable bonds is 7. The first-order valence-corrected chi connectivity index (χ1v) is 7.45. The lowest BCUT2D eigenvalue weighted by molar-refractivity contribution is -0.00461. The minimum atomic E-state index is 0.103. The number of nitrogens with two attached hydrogens (primary N) is 1. The molecule has 0 aromatic heterocycles. The van der Waals surface area contributed by atoms with Crippen molar-refractivity contribution in [2.75, 3.05) is 40.5 Å². The van der Waals surface area contributed by atoms with Crippen LogP contribution < -0.4 is 10.5 Å². The van der Waals surface area contributed by atoms with Gasteiger partial charge in [-0.3, -0.25) is 4.90 Å². The molecule has 0 bridgehead atoms. The van der Waals surface area contributed by atoms with E-state index < -0.39 is 0 Å². The molecule has 0 radical (unpaired) electrons. The summed E-state index contributed by atoms with van der Waals surface area (Å²) in [4.78, 5) is 2.33. The van der Waals surface area contributed by atoms with E-state index in [0.717, 1.165) is 18.8 Å². The molecule has 1 aromatic carbocycles. The molecule has 1 aromatic rings. The quantitative estimate of drug-likeness (QED) is 0.824. The van der Waals surface area contributed by atoms with Gasteiger partial charge < -0.3 is 19.9 Å². The number of ether oxygens (including phenoxy) is 3. The first-order valence-electron chi connectivity index (χ1n) is 7.45. The molecule has 3 unspecified atom stereocenters. The molecule has 0 spiro atoms. The van der Waals surface area contributed by atoms with Crippen molar-refractivity contribution in [3.63, 3.8) is 0 Å². The van der Waals surface area contributed by atoms with E-state index in [1.807, 2.05) is 19.1 Å². The maximum Gasteiger partial charge on any atom is 0.119 e. The zero-order valence-electron chi connectivity index (χ0n) is 13.1. The highest BCUT2D eigenvalue weighted by Crippen LogP contribution is 2.27. The monoisotopic (exact) mass is 294 g/mol. The van der Waals surface area contributed by atoms with Gasteiger partial charge >= 0.3 is 0 Å². The van der Waals surface area contributed by atoms with Crippen molar-refractivity contribution in [1.82, 2.24) is 4.90 Å². The van der Waals surface area contributed by atoms with Crippen LogP contribution in [0.25, 0.3) is 0 Å².